The molecule has 0 aliphatic carbocycles. The van der Waals surface area contributed by atoms with Gasteiger partial charge < -0.3 is 16.0 Å². The first-order valence-corrected chi connectivity index (χ1v) is 6.50. The third-order valence-electron chi connectivity index (χ3n) is 3.36. The lowest BCUT2D eigenvalue weighted by atomic mass is 9.99. The monoisotopic (exact) mass is 239 g/mol. The summed E-state index contributed by atoms with van der Waals surface area (Å²) in [4.78, 5) is 13.9. The second-order valence-corrected chi connectivity index (χ2v) is 4.95. The van der Waals surface area contributed by atoms with Crippen molar-refractivity contribution in [2.75, 3.05) is 26.2 Å². The van der Waals surface area contributed by atoms with Gasteiger partial charge in [0.05, 0.1) is 6.04 Å². The fourth-order valence-corrected chi connectivity index (χ4v) is 2.04. The summed E-state index contributed by atoms with van der Waals surface area (Å²) in [6, 6.07) is -0.450. The topological polar surface area (TPSA) is 58.4 Å². The predicted molar refractivity (Wildman–Crippen MR) is 70.6 cm³/mol. The molecule has 1 amide bonds. The van der Waals surface area contributed by atoms with Crippen molar-refractivity contribution in [3.63, 3.8) is 0 Å². The van der Waals surface area contributed by atoms with E-state index < -0.39 is 6.04 Å². The largest absolute Gasteiger partial charge is 0.353 e. The quantitative estimate of drug-likeness (QED) is 0.672. The Hall–Kier alpha value is -0.870. The molecule has 1 fully saturated rings. The van der Waals surface area contributed by atoms with Crippen LogP contribution >= 0.6 is 0 Å². The summed E-state index contributed by atoms with van der Waals surface area (Å²) < 4.78 is 0. The van der Waals surface area contributed by atoms with Gasteiger partial charge in [-0.15, -0.1) is 6.58 Å². The summed E-state index contributed by atoms with van der Waals surface area (Å²) in [6.45, 7) is 9.79. The number of nitrogens with one attached hydrogen (secondary N) is 1. The van der Waals surface area contributed by atoms with Gasteiger partial charge in [-0.3, -0.25) is 4.79 Å². The second-order valence-electron chi connectivity index (χ2n) is 4.95. The number of carbonyl (C=O) groups excluding carboxylic acids is 1. The van der Waals surface area contributed by atoms with E-state index in [1.54, 1.807) is 6.08 Å². The first-order chi connectivity index (χ1) is 8.13. The van der Waals surface area contributed by atoms with Gasteiger partial charge in [-0.05, 0) is 38.3 Å². The van der Waals surface area contributed by atoms with Crippen LogP contribution in [0.4, 0.5) is 0 Å². The van der Waals surface area contributed by atoms with Gasteiger partial charge in [0.2, 0.25) is 5.91 Å². The highest BCUT2D eigenvalue weighted by Gasteiger charge is 2.16. The molecule has 1 rings (SSSR count). The molecule has 0 aromatic heterocycles. The van der Waals surface area contributed by atoms with Crippen LogP contribution in [0.15, 0.2) is 12.7 Å². The smallest absolute Gasteiger partial charge is 0.237 e. The summed E-state index contributed by atoms with van der Waals surface area (Å²) in [6.07, 6.45) is 4.75. The zero-order valence-electron chi connectivity index (χ0n) is 10.8. The van der Waals surface area contributed by atoms with Gasteiger partial charge in [-0.2, -0.15) is 0 Å². The lowest BCUT2D eigenvalue weighted by Crippen LogP contribution is -2.44. The number of amides is 1. The Bertz CT molecular complexity index is 247. The maximum absolute atomic E-state index is 11.5. The number of carbonyl (C=O) groups is 1. The first-order valence-electron chi connectivity index (χ1n) is 6.50. The van der Waals surface area contributed by atoms with Gasteiger partial charge in [0.15, 0.2) is 0 Å². The molecule has 0 aromatic rings. The van der Waals surface area contributed by atoms with Crippen molar-refractivity contribution in [3.8, 4) is 0 Å². The van der Waals surface area contributed by atoms with Crippen LogP contribution in [0.5, 0.6) is 0 Å². The van der Waals surface area contributed by atoms with E-state index in [0.29, 0.717) is 13.0 Å². The Morgan fingerprint density at radius 3 is 2.82 bits per heavy atom. The van der Waals surface area contributed by atoms with Crippen LogP contribution in [0.25, 0.3) is 0 Å². The standard InChI is InChI=1S/C13H25N3O/c1-3-4-12(14)13(17)15-7-10-16-8-5-11(2)6-9-16/h3,11-12H,1,4-10,14H2,2H3,(H,15,17). The number of hydrogen-bond acceptors (Lipinski definition) is 3. The molecule has 0 saturated carbocycles. The van der Waals surface area contributed by atoms with E-state index in [2.05, 4.69) is 23.7 Å². The van der Waals surface area contributed by atoms with Crippen molar-refractivity contribution in [2.24, 2.45) is 11.7 Å². The van der Waals surface area contributed by atoms with Gasteiger partial charge in [-0.25, -0.2) is 0 Å². The molecule has 17 heavy (non-hydrogen) atoms. The van der Waals surface area contributed by atoms with E-state index in [1.807, 2.05) is 0 Å². The van der Waals surface area contributed by atoms with Crippen molar-refractivity contribution in [3.05, 3.63) is 12.7 Å². The number of piperidine rings is 1. The van der Waals surface area contributed by atoms with Gasteiger partial charge in [0.25, 0.3) is 0 Å². The van der Waals surface area contributed by atoms with Gasteiger partial charge >= 0.3 is 0 Å². The zero-order chi connectivity index (χ0) is 12.7. The van der Waals surface area contributed by atoms with Crippen molar-refractivity contribution >= 4 is 5.91 Å². The van der Waals surface area contributed by atoms with Crippen molar-refractivity contribution < 1.29 is 4.79 Å². The summed E-state index contributed by atoms with van der Waals surface area (Å²) in [5.41, 5.74) is 5.67. The average Bonchev–Trinajstić information content (AvgIpc) is 2.32. The predicted octanol–water partition coefficient (Wildman–Crippen LogP) is 0.738. The highest BCUT2D eigenvalue weighted by atomic mass is 16.2. The molecule has 4 heteroatoms. The van der Waals surface area contributed by atoms with Gasteiger partial charge in [0.1, 0.15) is 0 Å². The molecule has 1 heterocycles. The third kappa shape index (κ3) is 5.33. The Labute approximate surface area is 104 Å². The van der Waals surface area contributed by atoms with E-state index in [9.17, 15) is 4.79 Å². The van der Waals surface area contributed by atoms with Crippen molar-refractivity contribution in [2.45, 2.75) is 32.2 Å². The molecule has 1 atom stereocenters. The van der Waals surface area contributed by atoms with Crippen LogP contribution in [0.1, 0.15) is 26.2 Å². The minimum absolute atomic E-state index is 0.0738. The van der Waals surface area contributed by atoms with Crippen LogP contribution in [0, 0.1) is 5.92 Å². The third-order valence-corrected chi connectivity index (χ3v) is 3.36. The highest BCUT2D eigenvalue weighted by molar-refractivity contribution is 5.81. The summed E-state index contributed by atoms with van der Waals surface area (Å²) >= 11 is 0. The maximum atomic E-state index is 11.5. The van der Waals surface area contributed by atoms with E-state index in [4.69, 9.17) is 5.73 Å². The lowest BCUT2D eigenvalue weighted by Gasteiger charge is -2.30. The average molecular weight is 239 g/mol. The number of rotatable bonds is 6. The molecule has 1 saturated heterocycles. The molecule has 3 N–H and O–H groups in total. The van der Waals surface area contributed by atoms with E-state index in [0.717, 1.165) is 25.6 Å². The first kappa shape index (κ1) is 14.2. The molecule has 1 unspecified atom stereocenters. The van der Waals surface area contributed by atoms with Gasteiger partial charge in [0, 0.05) is 13.1 Å². The molecule has 4 nitrogen and oxygen atoms in total. The van der Waals surface area contributed by atoms with Crippen LogP contribution in [0.2, 0.25) is 0 Å². The van der Waals surface area contributed by atoms with E-state index in [1.165, 1.54) is 12.8 Å². The molecule has 0 aromatic carbocycles. The van der Waals surface area contributed by atoms with Crippen LogP contribution in [-0.4, -0.2) is 43.0 Å². The molecule has 0 bridgehead atoms. The fourth-order valence-electron chi connectivity index (χ4n) is 2.04. The minimum atomic E-state index is -0.450. The van der Waals surface area contributed by atoms with E-state index >= 15 is 0 Å². The van der Waals surface area contributed by atoms with Crippen LogP contribution in [-0.2, 0) is 4.79 Å². The molecular weight excluding hydrogens is 214 g/mol. The maximum Gasteiger partial charge on any atom is 0.237 e. The number of nitrogens with two attached hydrogens (primary N) is 1. The Morgan fingerprint density at radius 2 is 2.24 bits per heavy atom. The minimum Gasteiger partial charge on any atom is -0.353 e. The van der Waals surface area contributed by atoms with Crippen LogP contribution < -0.4 is 11.1 Å². The zero-order valence-corrected chi connectivity index (χ0v) is 10.8. The molecule has 1 aliphatic heterocycles. The number of hydrogen-bond donors (Lipinski definition) is 2. The molecule has 98 valence electrons. The number of nitrogens with zero attached hydrogens (tertiary/aromatic N) is 1. The summed E-state index contributed by atoms with van der Waals surface area (Å²) in [5.74, 6) is 0.775. The summed E-state index contributed by atoms with van der Waals surface area (Å²) in [5, 5.41) is 2.87. The number of likely N-dealkylation sites (tertiary alicyclic amines) is 1. The SMILES string of the molecule is C=CCC(N)C(=O)NCCN1CCC(C)CC1. The highest BCUT2D eigenvalue weighted by Crippen LogP contribution is 2.14. The molecule has 0 radical (unpaired) electrons. The fraction of sp³-hybridized carbons (Fsp3) is 0.769. The molecular formula is C13H25N3O. The normalized spacial score (nSPS) is 19.9. The lowest BCUT2D eigenvalue weighted by molar-refractivity contribution is -0.122. The molecule has 1 aliphatic rings. The Kier molecular flexibility index (Phi) is 6.22. The molecule has 0 spiro atoms. The van der Waals surface area contributed by atoms with Crippen LogP contribution in [0.3, 0.4) is 0 Å². The Morgan fingerprint density at radius 1 is 1.59 bits per heavy atom. The second kappa shape index (κ2) is 7.45. The Balaban J connectivity index is 2.11. The van der Waals surface area contributed by atoms with E-state index in [-0.39, 0.29) is 5.91 Å². The summed E-state index contributed by atoms with van der Waals surface area (Å²) in [7, 11) is 0. The van der Waals surface area contributed by atoms with Gasteiger partial charge in [-0.1, -0.05) is 13.0 Å². The van der Waals surface area contributed by atoms with Crippen molar-refractivity contribution in [1.82, 2.24) is 10.2 Å². The van der Waals surface area contributed by atoms with Crippen molar-refractivity contribution in [1.29, 1.82) is 0 Å².